The summed E-state index contributed by atoms with van der Waals surface area (Å²) in [6, 6.07) is 22.1. The van der Waals surface area contributed by atoms with Crippen molar-refractivity contribution in [3.05, 3.63) is 101 Å². The van der Waals surface area contributed by atoms with E-state index in [1.807, 2.05) is 54.6 Å². The van der Waals surface area contributed by atoms with E-state index in [-0.39, 0.29) is 43.4 Å². The number of alkyl carbamates (subject to hydrolysis) is 1. The van der Waals surface area contributed by atoms with Crippen molar-refractivity contribution in [2.45, 2.75) is 42.7 Å². The molecule has 2 amide bonds. The van der Waals surface area contributed by atoms with Crippen molar-refractivity contribution in [3.8, 4) is 5.75 Å². The predicted octanol–water partition coefficient (Wildman–Crippen LogP) is 6.21. The van der Waals surface area contributed by atoms with Crippen molar-refractivity contribution >= 4 is 23.6 Å². The van der Waals surface area contributed by atoms with Gasteiger partial charge in [-0.25, -0.2) is 4.79 Å². The smallest absolute Gasteiger partial charge is 0.430 e. The van der Waals surface area contributed by atoms with Gasteiger partial charge in [0.1, 0.15) is 18.0 Å². The number of carbonyl (C=O) groups is 2. The lowest BCUT2D eigenvalue weighted by atomic mass is 9.74. The molecule has 2 heterocycles. The lowest BCUT2D eigenvalue weighted by molar-refractivity contribution is -0.271. The normalized spacial score (nSPS) is 19.9. The number of rotatable bonds is 7. The van der Waals surface area contributed by atoms with Crippen LogP contribution in [0.3, 0.4) is 0 Å². The Hall–Kier alpha value is -3.76. The van der Waals surface area contributed by atoms with Crippen molar-refractivity contribution in [3.63, 3.8) is 0 Å². The summed E-state index contributed by atoms with van der Waals surface area (Å²) in [6.07, 6.45) is -5.44. The van der Waals surface area contributed by atoms with Gasteiger partial charge < -0.3 is 24.4 Å². The molecule has 222 valence electrons. The van der Waals surface area contributed by atoms with Crippen molar-refractivity contribution in [1.82, 2.24) is 10.2 Å². The van der Waals surface area contributed by atoms with Crippen LogP contribution in [0.4, 0.5) is 18.0 Å². The molecule has 0 radical (unpaired) electrons. The third-order valence-corrected chi connectivity index (χ3v) is 8.28. The van der Waals surface area contributed by atoms with Crippen molar-refractivity contribution in [1.29, 1.82) is 0 Å². The molecule has 1 N–H and O–H groups in total. The molecule has 3 aromatic rings. The number of amides is 2. The Morgan fingerprint density at radius 2 is 1.74 bits per heavy atom. The molecule has 42 heavy (non-hydrogen) atoms. The first-order valence-electron chi connectivity index (χ1n) is 13.5. The fraction of sp³-hybridized carbons (Fsp3) is 0.355. The minimum atomic E-state index is -5.07. The molecular weight excluding hydrogens is 573 g/mol. The molecule has 0 saturated carbocycles. The molecule has 2 atom stereocenters. The van der Waals surface area contributed by atoms with Crippen LogP contribution in [-0.4, -0.2) is 55.4 Å². The molecule has 11 heteroatoms. The number of benzene rings is 3. The maximum atomic E-state index is 14.6. The summed E-state index contributed by atoms with van der Waals surface area (Å²) >= 11 is 5.99. The highest BCUT2D eigenvalue weighted by molar-refractivity contribution is 6.30. The second-order valence-corrected chi connectivity index (χ2v) is 10.8. The molecule has 2 saturated heterocycles. The highest BCUT2D eigenvalue weighted by Gasteiger charge is 2.64. The Morgan fingerprint density at radius 3 is 2.40 bits per heavy atom. The second kappa shape index (κ2) is 11.9. The summed E-state index contributed by atoms with van der Waals surface area (Å²) in [7, 11) is 0.856. The van der Waals surface area contributed by atoms with E-state index >= 15 is 0 Å². The Labute approximate surface area is 246 Å². The summed E-state index contributed by atoms with van der Waals surface area (Å²) in [4.78, 5) is 27.2. The molecule has 0 aliphatic carbocycles. The highest BCUT2D eigenvalue weighted by Crippen LogP contribution is 2.48. The minimum absolute atomic E-state index is 0.0428. The summed E-state index contributed by atoms with van der Waals surface area (Å²) in [6.45, 7) is 0.396. The monoisotopic (exact) mass is 602 g/mol. The quantitative estimate of drug-likeness (QED) is 0.348. The van der Waals surface area contributed by atoms with Gasteiger partial charge in [0, 0.05) is 61.7 Å². The van der Waals surface area contributed by atoms with E-state index in [1.165, 1.54) is 18.2 Å². The van der Waals surface area contributed by atoms with Crippen LogP contribution < -0.4 is 10.1 Å². The molecule has 0 aromatic heterocycles. The molecule has 5 rings (SSSR count). The van der Waals surface area contributed by atoms with Gasteiger partial charge in [0.25, 0.3) is 11.5 Å². The van der Waals surface area contributed by atoms with Crippen LogP contribution in [0.15, 0.2) is 78.9 Å². The minimum Gasteiger partial charge on any atom is -0.489 e. The molecular formula is C31H30ClF3N2O5. The number of para-hydroxylation sites is 1. The summed E-state index contributed by atoms with van der Waals surface area (Å²) in [5, 5.41) is 2.78. The van der Waals surface area contributed by atoms with Gasteiger partial charge in [0.05, 0.1) is 0 Å². The van der Waals surface area contributed by atoms with E-state index in [4.69, 9.17) is 25.8 Å². The predicted molar refractivity (Wildman–Crippen MR) is 149 cm³/mol. The number of hydrogen-bond donors (Lipinski definition) is 1. The number of piperidine rings is 1. The van der Waals surface area contributed by atoms with Crippen LogP contribution in [0.2, 0.25) is 5.02 Å². The van der Waals surface area contributed by atoms with Gasteiger partial charge in [-0.3, -0.25) is 4.79 Å². The van der Waals surface area contributed by atoms with Crippen LogP contribution in [0, 0.1) is 0 Å². The summed E-state index contributed by atoms with van der Waals surface area (Å²) < 4.78 is 60.9. The van der Waals surface area contributed by atoms with E-state index < -0.39 is 34.9 Å². The van der Waals surface area contributed by atoms with Gasteiger partial charge in [-0.15, -0.1) is 0 Å². The van der Waals surface area contributed by atoms with Gasteiger partial charge >= 0.3 is 12.3 Å². The van der Waals surface area contributed by atoms with Crippen molar-refractivity contribution in [2.75, 3.05) is 26.7 Å². The standard InChI is InChI=1S/C31H30ClF3N2O5/c1-40-30(31(33,34)35,22-10-7-11-23(32)18-22)27(38)37-16-14-29(15-17-37)25(19-36-28(39)42-29)24-12-5-6-13-26(24)41-20-21-8-3-2-4-9-21/h2-13,18,25H,14-17,19-20H2,1H3,(H,36,39)/t25-,30-/m0/s1. The fourth-order valence-electron chi connectivity index (χ4n) is 5.89. The van der Waals surface area contributed by atoms with Gasteiger partial charge in [0.2, 0.25) is 0 Å². The van der Waals surface area contributed by atoms with E-state index in [0.717, 1.165) is 29.2 Å². The molecule has 3 aromatic carbocycles. The molecule has 0 unspecified atom stereocenters. The number of likely N-dealkylation sites (tertiary alicyclic amines) is 1. The van der Waals surface area contributed by atoms with Gasteiger partial charge in [-0.2, -0.15) is 13.2 Å². The molecule has 0 bridgehead atoms. The lowest BCUT2D eigenvalue weighted by Gasteiger charge is -2.49. The number of nitrogens with one attached hydrogen (secondary N) is 1. The Morgan fingerprint density at radius 1 is 1.05 bits per heavy atom. The van der Waals surface area contributed by atoms with Crippen molar-refractivity contribution in [2.24, 2.45) is 0 Å². The SMILES string of the molecule is CO[C@](C(=O)N1CCC2(CC1)OC(=O)NC[C@H]2c1ccccc1OCc1ccccc1)(c1cccc(Cl)c1)C(F)(F)F. The Kier molecular flexibility index (Phi) is 8.39. The average molecular weight is 603 g/mol. The zero-order valence-corrected chi connectivity index (χ0v) is 23.6. The number of methoxy groups -OCH3 is 1. The van der Waals surface area contributed by atoms with E-state index in [1.54, 1.807) is 0 Å². The fourth-order valence-corrected chi connectivity index (χ4v) is 6.08. The Balaban J connectivity index is 1.41. The van der Waals surface area contributed by atoms with Crippen LogP contribution >= 0.6 is 11.6 Å². The number of ether oxygens (including phenoxy) is 3. The third kappa shape index (κ3) is 5.53. The van der Waals surface area contributed by atoms with Crippen LogP contribution in [0.25, 0.3) is 0 Å². The van der Waals surface area contributed by atoms with E-state index in [9.17, 15) is 22.8 Å². The van der Waals surface area contributed by atoms with E-state index in [2.05, 4.69) is 5.32 Å². The molecule has 2 aliphatic rings. The molecule has 1 spiro atoms. The molecule has 2 aliphatic heterocycles. The average Bonchev–Trinajstić information content (AvgIpc) is 2.97. The zero-order valence-electron chi connectivity index (χ0n) is 22.8. The maximum Gasteiger partial charge on any atom is 0.430 e. The Bertz CT molecular complexity index is 1430. The summed E-state index contributed by atoms with van der Waals surface area (Å²) in [5.41, 5.74) is -2.94. The van der Waals surface area contributed by atoms with Crippen molar-refractivity contribution < 1.29 is 37.0 Å². The number of carbonyl (C=O) groups excluding carboxylic acids is 2. The van der Waals surface area contributed by atoms with Crippen LogP contribution in [-0.2, 0) is 26.5 Å². The summed E-state index contributed by atoms with van der Waals surface area (Å²) in [5.74, 6) is -1.01. The molecule has 7 nitrogen and oxygen atoms in total. The lowest BCUT2D eigenvalue weighted by Crippen LogP contribution is -2.62. The maximum absolute atomic E-state index is 14.6. The second-order valence-electron chi connectivity index (χ2n) is 10.4. The highest BCUT2D eigenvalue weighted by atomic mass is 35.5. The van der Waals surface area contributed by atoms with Gasteiger partial charge in [0.15, 0.2) is 0 Å². The van der Waals surface area contributed by atoms with Gasteiger partial charge in [-0.1, -0.05) is 72.3 Å². The number of alkyl halides is 3. The van der Waals surface area contributed by atoms with Gasteiger partial charge in [-0.05, 0) is 23.8 Å². The topological polar surface area (TPSA) is 77.1 Å². The zero-order chi connectivity index (χ0) is 30.0. The third-order valence-electron chi connectivity index (χ3n) is 8.05. The largest absolute Gasteiger partial charge is 0.489 e. The first kappa shape index (κ1) is 29.7. The first-order valence-corrected chi connectivity index (χ1v) is 13.9. The number of nitrogens with zero attached hydrogens (tertiary/aromatic N) is 1. The molecule has 2 fully saturated rings. The van der Waals surface area contributed by atoms with E-state index in [0.29, 0.717) is 12.4 Å². The first-order chi connectivity index (χ1) is 20.1. The number of halogens is 4. The van der Waals surface area contributed by atoms with Crippen LogP contribution in [0.1, 0.15) is 35.4 Å². The van der Waals surface area contributed by atoms with Crippen LogP contribution in [0.5, 0.6) is 5.75 Å². The number of hydrogen-bond acceptors (Lipinski definition) is 5.